The van der Waals surface area contributed by atoms with E-state index in [1.54, 1.807) is 0 Å². The number of carboxylic acids is 1. The van der Waals surface area contributed by atoms with Gasteiger partial charge in [-0.3, -0.25) is 9.78 Å². The van der Waals surface area contributed by atoms with Crippen LogP contribution in [0.5, 0.6) is 0 Å². The van der Waals surface area contributed by atoms with Crippen molar-refractivity contribution in [2.24, 2.45) is 0 Å². The van der Waals surface area contributed by atoms with Gasteiger partial charge in [0.1, 0.15) is 0 Å². The Morgan fingerprint density at radius 3 is 2.95 bits per heavy atom. The monoisotopic (exact) mass is 298 g/mol. The van der Waals surface area contributed by atoms with Gasteiger partial charge in [-0.05, 0) is 36.6 Å². The van der Waals surface area contributed by atoms with Crippen LogP contribution in [0, 0.1) is 0 Å². The third kappa shape index (κ3) is 2.71. The van der Waals surface area contributed by atoms with Crippen LogP contribution in [0.25, 0.3) is 10.9 Å². The smallest absolute Gasteiger partial charge is 0.303 e. The van der Waals surface area contributed by atoms with Gasteiger partial charge in [0, 0.05) is 37.0 Å². The van der Waals surface area contributed by atoms with Crippen LogP contribution in [0.4, 0.5) is 0 Å². The standard InChI is InChI=1S/C18H22N2O2/c1-3-12-5-4-6-14-13(7-8-17(21)22)15-11-20(2)10-9-16(15)19-18(12)14/h4-6H,3,7-11H2,1-2H3,(H,21,22). The molecule has 0 fully saturated rings. The summed E-state index contributed by atoms with van der Waals surface area (Å²) < 4.78 is 0. The first-order valence-electron chi connectivity index (χ1n) is 7.92. The molecule has 1 aliphatic rings. The number of para-hydroxylation sites is 1. The van der Waals surface area contributed by atoms with E-state index in [2.05, 4.69) is 37.1 Å². The number of aromatic nitrogens is 1. The van der Waals surface area contributed by atoms with Gasteiger partial charge in [0.15, 0.2) is 0 Å². The van der Waals surface area contributed by atoms with Crippen LogP contribution in [0.15, 0.2) is 18.2 Å². The van der Waals surface area contributed by atoms with Crippen LogP contribution in [-0.2, 0) is 30.6 Å². The Bertz CT molecular complexity index is 725. The highest BCUT2D eigenvalue weighted by Crippen LogP contribution is 2.30. The Balaban J connectivity index is 2.21. The number of benzene rings is 1. The third-order valence-electron chi connectivity index (χ3n) is 4.53. The molecule has 0 aliphatic carbocycles. The first-order chi connectivity index (χ1) is 10.6. The minimum Gasteiger partial charge on any atom is -0.481 e. The zero-order chi connectivity index (χ0) is 15.7. The molecule has 1 N–H and O–H groups in total. The zero-order valence-corrected chi connectivity index (χ0v) is 13.2. The largest absolute Gasteiger partial charge is 0.481 e. The lowest BCUT2D eigenvalue weighted by Gasteiger charge is -2.27. The van der Waals surface area contributed by atoms with Crippen LogP contribution in [0.1, 0.15) is 35.7 Å². The van der Waals surface area contributed by atoms with Crippen LogP contribution < -0.4 is 0 Å². The molecule has 2 heterocycles. The molecular formula is C18H22N2O2. The van der Waals surface area contributed by atoms with Crippen LogP contribution in [0.2, 0.25) is 0 Å². The molecule has 2 aromatic rings. The van der Waals surface area contributed by atoms with Crippen molar-refractivity contribution in [2.75, 3.05) is 13.6 Å². The predicted octanol–water partition coefficient (Wildman–Crippen LogP) is 2.80. The Kier molecular flexibility index (Phi) is 4.12. The molecule has 0 saturated heterocycles. The highest BCUT2D eigenvalue weighted by Gasteiger charge is 2.21. The van der Waals surface area contributed by atoms with Crippen molar-refractivity contribution in [1.82, 2.24) is 9.88 Å². The second kappa shape index (κ2) is 6.05. The molecule has 1 aromatic heterocycles. The predicted molar refractivity (Wildman–Crippen MR) is 87.1 cm³/mol. The SMILES string of the molecule is CCc1cccc2c(CCC(=O)O)c3c(nc12)CCN(C)C3. The molecule has 3 rings (SSSR count). The fourth-order valence-electron chi connectivity index (χ4n) is 3.35. The molecule has 4 heteroatoms. The summed E-state index contributed by atoms with van der Waals surface area (Å²) in [5, 5.41) is 10.2. The molecular weight excluding hydrogens is 276 g/mol. The normalized spacial score (nSPS) is 15.0. The highest BCUT2D eigenvalue weighted by molar-refractivity contribution is 5.87. The summed E-state index contributed by atoms with van der Waals surface area (Å²) in [4.78, 5) is 18.3. The van der Waals surface area contributed by atoms with Gasteiger partial charge in [0.05, 0.1) is 5.52 Å². The summed E-state index contributed by atoms with van der Waals surface area (Å²) in [6, 6.07) is 6.28. The van der Waals surface area contributed by atoms with Crippen molar-refractivity contribution in [2.45, 2.75) is 39.2 Å². The maximum Gasteiger partial charge on any atom is 0.303 e. The molecule has 0 bridgehead atoms. The molecule has 0 amide bonds. The molecule has 0 atom stereocenters. The molecule has 1 aliphatic heterocycles. The number of aliphatic carboxylic acids is 1. The van der Waals surface area contributed by atoms with Gasteiger partial charge >= 0.3 is 5.97 Å². The number of carbonyl (C=O) groups is 1. The number of carboxylic acid groups (broad SMARTS) is 1. The minimum absolute atomic E-state index is 0.172. The van der Waals surface area contributed by atoms with Gasteiger partial charge in [0.2, 0.25) is 0 Å². The number of aryl methyl sites for hydroxylation is 2. The number of fused-ring (bicyclic) bond motifs is 2. The van der Waals surface area contributed by atoms with Crippen LogP contribution in [0.3, 0.4) is 0 Å². The topological polar surface area (TPSA) is 53.4 Å². The number of nitrogens with zero attached hydrogens (tertiary/aromatic N) is 2. The summed E-state index contributed by atoms with van der Waals surface area (Å²) in [5.41, 5.74) is 5.90. The second-order valence-electron chi connectivity index (χ2n) is 6.06. The quantitative estimate of drug-likeness (QED) is 0.943. The molecule has 0 unspecified atom stereocenters. The number of rotatable bonds is 4. The summed E-state index contributed by atoms with van der Waals surface area (Å²) in [7, 11) is 2.11. The Morgan fingerprint density at radius 2 is 2.23 bits per heavy atom. The van der Waals surface area contributed by atoms with Crippen molar-refractivity contribution < 1.29 is 9.90 Å². The Morgan fingerprint density at radius 1 is 1.41 bits per heavy atom. The average Bonchev–Trinajstić information content (AvgIpc) is 2.51. The fourth-order valence-corrected chi connectivity index (χ4v) is 3.35. The van der Waals surface area contributed by atoms with Crippen molar-refractivity contribution in [3.8, 4) is 0 Å². The number of hydrogen-bond donors (Lipinski definition) is 1. The number of hydrogen-bond acceptors (Lipinski definition) is 3. The molecule has 1 aromatic carbocycles. The van der Waals surface area contributed by atoms with Crippen LogP contribution in [-0.4, -0.2) is 34.6 Å². The summed E-state index contributed by atoms with van der Waals surface area (Å²) >= 11 is 0. The first kappa shape index (κ1) is 15.0. The van der Waals surface area contributed by atoms with E-state index in [0.29, 0.717) is 6.42 Å². The molecule has 0 radical (unpaired) electrons. The van der Waals surface area contributed by atoms with Crippen molar-refractivity contribution in [1.29, 1.82) is 0 Å². The van der Waals surface area contributed by atoms with Crippen molar-refractivity contribution in [3.63, 3.8) is 0 Å². The molecule has 0 spiro atoms. The second-order valence-corrected chi connectivity index (χ2v) is 6.06. The summed E-state index contributed by atoms with van der Waals surface area (Å²) in [6.07, 6.45) is 2.64. The molecule has 116 valence electrons. The van der Waals surface area contributed by atoms with E-state index < -0.39 is 5.97 Å². The first-order valence-corrected chi connectivity index (χ1v) is 7.92. The van der Waals surface area contributed by atoms with Gasteiger partial charge < -0.3 is 10.0 Å². The lowest BCUT2D eigenvalue weighted by molar-refractivity contribution is -0.136. The molecule has 4 nitrogen and oxygen atoms in total. The van der Waals surface area contributed by atoms with E-state index in [1.165, 1.54) is 16.7 Å². The van der Waals surface area contributed by atoms with Crippen molar-refractivity contribution >= 4 is 16.9 Å². The maximum absolute atomic E-state index is 11.0. The van der Waals surface area contributed by atoms with Gasteiger partial charge in [-0.15, -0.1) is 0 Å². The lowest BCUT2D eigenvalue weighted by Crippen LogP contribution is -2.28. The van der Waals surface area contributed by atoms with E-state index in [9.17, 15) is 4.79 Å². The van der Waals surface area contributed by atoms with Gasteiger partial charge in [-0.25, -0.2) is 0 Å². The van der Waals surface area contributed by atoms with E-state index in [-0.39, 0.29) is 6.42 Å². The lowest BCUT2D eigenvalue weighted by atomic mass is 9.92. The van der Waals surface area contributed by atoms with Gasteiger partial charge in [0.25, 0.3) is 0 Å². The fraction of sp³-hybridized carbons (Fsp3) is 0.444. The van der Waals surface area contributed by atoms with Gasteiger partial charge in [-0.1, -0.05) is 25.1 Å². The minimum atomic E-state index is -0.741. The van der Waals surface area contributed by atoms with E-state index >= 15 is 0 Å². The maximum atomic E-state index is 11.0. The van der Waals surface area contributed by atoms with E-state index in [1.807, 2.05) is 0 Å². The summed E-state index contributed by atoms with van der Waals surface area (Å²) in [6.45, 7) is 4.02. The summed E-state index contributed by atoms with van der Waals surface area (Å²) in [5.74, 6) is -0.741. The molecule has 22 heavy (non-hydrogen) atoms. The Hall–Kier alpha value is -1.94. The number of likely N-dealkylation sites (N-methyl/N-ethyl adjacent to an activating group) is 1. The Labute approximate surface area is 130 Å². The van der Waals surface area contributed by atoms with Crippen LogP contribution >= 0.6 is 0 Å². The van der Waals surface area contributed by atoms with E-state index in [0.717, 1.165) is 42.5 Å². The average molecular weight is 298 g/mol. The highest BCUT2D eigenvalue weighted by atomic mass is 16.4. The molecule has 0 saturated carbocycles. The number of pyridine rings is 1. The van der Waals surface area contributed by atoms with E-state index in [4.69, 9.17) is 10.1 Å². The van der Waals surface area contributed by atoms with Gasteiger partial charge in [-0.2, -0.15) is 0 Å². The third-order valence-corrected chi connectivity index (χ3v) is 4.53. The zero-order valence-electron chi connectivity index (χ0n) is 13.2. The van der Waals surface area contributed by atoms with Crippen molar-refractivity contribution in [3.05, 3.63) is 40.6 Å².